The van der Waals surface area contributed by atoms with Crippen LogP contribution >= 0.6 is 11.6 Å². The van der Waals surface area contributed by atoms with Crippen LogP contribution in [0.15, 0.2) is 86.8 Å². The number of carbonyl (C=O) groups is 1. The van der Waals surface area contributed by atoms with Crippen molar-refractivity contribution in [2.24, 2.45) is 5.92 Å². The van der Waals surface area contributed by atoms with E-state index in [4.69, 9.17) is 20.8 Å². The summed E-state index contributed by atoms with van der Waals surface area (Å²) in [4.78, 5) is 26.7. The monoisotopic (exact) mass is 458 g/mol. The van der Waals surface area contributed by atoms with Gasteiger partial charge in [0.1, 0.15) is 11.3 Å². The fraction of sp³-hybridized carbons (Fsp3) is 0.214. The summed E-state index contributed by atoms with van der Waals surface area (Å²) in [5, 5.41) is 1.41. The van der Waals surface area contributed by atoms with E-state index in [9.17, 15) is 9.59 Å². The van der Waals surface area contributed by atoms with Gasteiger partial charge in [0.05, 0.1) is 5.56 Å². The Morgan fingerprint density at radius 3 is 2.64 bits per heavy atom. The minimum absolute atomic E-state index is 0.0427. The topological polar surface area (TPSA) is 56.5 Å². The molecule has 0 radical (unpaired) electrons. The number of aryl methyl sites for hydroxylation is 2. The van der Waals surface area contributed by atoms with E-state index in [2.05, 4.69) is 6.08 Å². The third kappa shape index (κ3) is 3.55. The molecule has 33 heavy (non-hydrogen) atoms. The summed E-state index contributed by atoms with van der Waals surface area (Å²) in [5.41, 5.74) is 4.30. The molecule has 0 saturated heterocycles. The smallest absolute Gasteiger partial charge is 0.340 e. The van der Waals surface area contributed by atoms with Crippen LogP contribution in [-0.2, 0) is 9.53 Å². The van der Waals surface area contributed by atoms with Gasteiger partial charge in [-0.1, -0.05) is 59.7 Å². The molecule has 1 aliphatic carbocycles. The van der Waals surface area contributed by atoms with Crippen molar-refractivity contribution >= 4 is 28.5 Å². The molecule has 1 aromatic heterocycles. The van der Waals surface area contributed by atoms with Gasteiger partial charge in [-0.25, -0.2) is 9.59 Å². The van der Waals surface area contributed by atoms with Crippen LogP contribution in [0.2, 0.25) is 5.02 Å². The highest BCUT2D eigenvalue weighted by Crippen LogP contribution is 2.44. The van der Waals surface area contributed by atoms with Gasteiger partial charge in [0.15, 0.2) is 0 Å². The third-order valence-corrected chi connectivity index (χ3v) is 7.12. The number of halogens is 1. The Kier molecular flexibility index (Phi) is 5.34. The molecule has 5 heteroatoms. The van der Waals surface area contributed by atoms with Gasteiger partial charge >= 0.3 is 11.6 Å². The number of hydrogen-bond acceptors (Lipinski definition) is 4. The van der Waals surface area contributed by atoms with Crippen molar-refractivity contribution in [1.82, 2.24) is 0 Å². The van der Waals surface area contributed by atoms with Gasteiger partial charge in [-0.05, 0) is 62.1 Å². The van der Waals surface area contributed by atoms with Crippen LogP contribution in [-0.4, -0.2) is 5.97 Å². The van der Waals surface area contributed by atoms with Crippen LogP contribution in [0.1, 0.15) is 41.5 Å². The minimum Gasteiger partial charge on any atom is -0.427 e. The molecule has 0 bridgehead atoms. The van der Waals surface area contributed by atoms with Gasteiger partial charge in [0, 0.05) is 27.8 Å². The molecule has 0 N–H and O–H groups in total. The van der Waals surface area contributed by atoms with Crippen LogP contribution in [0, 0.1) is 19.8 Å². The summed E-state index contributed by atoms with van der Waals surface area (Å²) in [5.74, 6) is -0.506. The Morgan fingerprint density at radius 2 is 1.85 bits per heavy atom. The number of para-hydroxylation sites is 1. The molecular formula is C28H23ClO4. The summed E-state index contributed by atoms with van der Waals surface area (Å²) in [6.45, 7) is 5.77. The van der Waals surface area contributed by atoms with E-state index in [1.54, 1.807) is 6.07 Å². The van der Waals surface area contributed by atoms with Gasteiger partial charge in [-0.15, -0.1) is 0 Å². The van der Waals surface area contributed by atoms with Crippen molar-refractivity contribution in [3.8, 4) is 0 Å². The number of rotatable bonds is 3. The van der Waals surface area contributed by atoms with Crippen molar-refractivity contribution < 1.29 is 13.9 Å². The summed E-state index contributed by atoms with van der Waals surface area (Å²) in [7, 11) is 0. The SMILES string of the molecule is CC1=C(C(c2ccc(C)c(Cl)c2)c2c(C)c3ccccc3oc2=O)C(=O)OC2=CC=CCC21. The zero-order chi connectivity index (χ0) is 23.3. The second kappa shape index (κ2) is 8.20. The molecule has 3 aromatic rings. The molecule has 2 aliphatic rings. The van der Waals surface area contributed by atoms with E-state index in [1.165, 1.54) is 0 Å². The number of benzene rings is 2. The molecule has 2 heterocycles. The first-order valence-corrected chi connectivity index (χ1v) is 11.3. The van der Waals surface area contributed by atoms with Gasteiger partial charge in [-0.2, -0.15) is 0 Å². The first-order valence-electron chi connectivity index (χ1n) is 10.9. The predicted octanol–water partition coefficient (Wildman–Crippen LogP) is 6.53. The molecule has 2 aromatic carbocycles. The quantitative estimate of drug-likeness (QED) is 0.331. The molecule has 4 nitrogen and oxygen atoms in total. The first kappa shape index (κ1) is 21.5. The van der Waals surface area contributed by atoms with Gasteiger partial charge in [0.25, 0.3) is 0 Å². The van der Waals surface area contributed by atoms with Crippen LogP contribution in [0.5, 0.6) is 0 Å². The minimum atomic E-state index is -0.663. The zero-order valence-electron chi connectivity index (χ0n) is 18.6. The second-order valence-corrected chi connectivity index (χ2v) is 9.04. The highest BCUT2D eigenvalue weighted by atomic mass is 35.5. The number of carbonyl (C=O) groups excluding carboxylic acids is 1. The molecule has 0 fully saturated rings. The Hall–Kier alpha value is -3.37. The van der Waals surface area contributed by atoms with Crippen molar-refractivity contribution in [1.29, 1.82) is 0 Å². The van der Waals surface area contributed by atoms with E-state index in [1.807, 2.05) is 69.3 Å². The summed E-state index contributed by atoms with van der Waals surface area (Å²) in [6.07, 6.45) is 6.53. The summed E-state index contributed by atoms with van der Waals surface area (Å²) < 4.78 is 11.5. The van der Waals surface area contributed by atoms with Crippen LogP contribution in [0.4, 0.5) is 0 Å². The molecular weight excluding hydrogens is 436 g/mol. The lowest BCUT2D eigenvalue weighted by Gasteiger charge is -2.33. The lowest BCUT2D eigenvalue weighted by Crippen LogP contribution is -2.30. The maximum Gasteiger partial charge on any atom is 0.340 e. The lowest BCUT2D eigenvalue weighted by molar-refractivity contribution is -0.137. The number of hydrogen-bond donors (Lipinski definition) is 0. The molecule has 0 saturated carbocycles. The van der Waals surface area contributed by atoms with E-state index < -0.39 is 17.5 Å². The van der Waals surface area contributed by atoms with Gasteiger partial charge in [-0.3, -0.25) is 0 Å². The summed E-state index contributed by atoms with van der Waals surface area (Å²) in [6, 6.07) is 13.1. The fourth-order valence-electron chi connectivity index (χ4n) is 4.88. The predicted molar refractivity (Wildman–Crippen MR) is 129 cm³/mol. The van der Waals surface area contributed by atoms with E-state index in [0.717, 1.165) is 34.1 Å². The average molecular weight is 459 g/mol. The molecule has 2 unspecified atom stereocenters. The molecule has 166 valence electrons. The van der Waals surface area contributed by atoms with E-state index in [0.29, 0.717) is 27.5 Å². The average Bonchev–Trinajstić information content (AvgIpc) is 2.80. The third-order valence-electron chi connectivity index (χ3n) is 6.71. The first-order chi connectivity index (χ1) is 15.9. The Balaban J connectivity index is 1.83. The molecule has 1 aliphatic heterocycles. The van der Waals surface area contributed by atoms with Gasteiger partial charge in [0.2, 0.25) is 0 Å². The summed E-state index contributed by atoms with van der Waals surface area (Å²) >= 11 is 6.49. The van der Waals surface area contributed by atoms with Crippen molar-refractivity contribution in [3.05, 3.63) is 115 Å². The molecule has 0 amide bonds. The highest BCUT2D eigenvalue weighted by molar-refractivity contribution is 6.31. The Bertz CT molecular complexity index is 1450. The maximum atomic E-state index is 13.4. The number of fused-ring (bicyclic) bond motifs is 2. The van der Waals surface area contributed by atoms with Crippen LogP contribution in [0.3, 0.4) is 0 Å². The fourth-order valence-corrected chi connectivity index (χ4v) is 5.07. The highest BCUT2D eigenvalue weighted by Gasteiger charge is 2.39. The zero-order valence-corrected chi connectivity index (χ0v) is 19.4. The largest absolute Gasteiger partial charge is 0.427 e. The van der Waals surface area contributed by atoms with E-state index >= 15 is 0 Å². The molecule has 2 atom stereocenters. The van der Waals surface area contributed by atoms with Crippen molar-refractivity contribution in [2.45, 2.75) is 33.1 Å². The number of ether oxygens (including phenoxy) is 1. The Labute approximate surface area is 196 Å². The standard InChI is InChI=1S/C28H23ClO4/c1-15-12-13-18(14-21(15)29)26(24-16(2)19-8-4-6-10-22(19)32-27(24)30)25-17(3)20-9-5-7-11-23(20)33-28(25)31/h4-8,10-14,20,26H,9H2,1-3H3. The number of esters is 1. The molecule has 5 rings (SSSR count). The number of allylic oxidation sites excluding steroid dienone is 4. The lowest BCUT2D eigenvalue weighted by atomic mass is 9.76. The van der Waals surface area contributed by atoms with Crippen LogP contribution in [0.25, 0.3) is 11.0 Å². The van der Waals surface area contributed by atoms with E-state index in [-0.39, 0.29) is 5.92 Å². The van der Waals surface area contributed by atoms with Crippen LogP contribution < -0.4 is 5.63 Å². The van der Waals surface area contributed by atoms with Gasteiger partial charge < -0.3 is 9.15 Å². The normalized spacial score (nSPS) is 18.7. The second-order valence-electron chi connectivity index (χ2n) is 8.64. The molecule has 0 spiro atoms. The maximum absolute atomic E-state index is 13.4. The van der Waals surface area contributed by atoms with Crippen molar-refractivity contribution in [3.63, 3.8) is 0 Å². The van der Waals surface area contributed by atoms with Crippen molar-refractivity contribution in [2.75, 3.05) is 0 Å². The Morgan fingerprint density at radius 1 is 1.06 bits per heavy atom.